The Balaban J connectivity index is 1.55. The van der Waals surface area contributed by atoms with Crippen molar-refractivity contribution in [3.63, 3.8) is 0 Å². The Morgan fingerprint density at radius 2 is 1.56 bits per heavy atom. The van der Waals surface area contributed by atoms with E-state index in [2.05, 4.69) is 14.5 Å². The Kier molecular flexibility index (Phi) is 6.54. The van der Waals surface area contributed by atoms with Crippen LogP contribution in [0.1, 0.15) is 13.8 Å². The van der Waals surface area contributed by atoms with Crippen LogP contribution >= 0.6 is 0 Å². The predicted molar refractivity (Wildman–Crippen MR) is 140 cm³/mol. The third kappa shape index (κ3) is 5.52. The highest BCUT2D eigenvalue weighted by molar-refractivity contribution is 7.92. The normalized spacial score (nSPS) is 17.9. The van der Waals surface area contributed by atoms with Gasteiger partial charge in [0.1, 0.15) is 0 Å². The van der Waals surface area contributed by atoms with E-state index in [0.29, 0.717) is 52.2 Å². The van der Waals surface area contributed by atoms with Gasteiger partial charge < -0.3 is 9.64 Å². The second-order valence-corrected chi connectivity index (χ2v) is 11.7. The van der Waals surface area contributed by atoms with E-state index >= 15 is 0 Å². The monoisotopic (exact) mass is 531 g/mol. The Morgan fingerprint density at radius 1 is 0.944 bits per heavy atom. The van der Waals surface area contributed by atoms with Crippen LogP contribution in [-0.2, 0) is 24.8 Å². The summed E-state index contributed by atoms with van der Waals surface area (Å²) in [5.74, 6) is 0.700. The van der Waals surface area contributed by atoms with Crippen molar-refractivity contribution in [1.82, 2.24) is 0 Å². The lowest BCUT2D eigenvalue weighted by atomic mass is 10.1. The summed E-state index contributed by atoms with van der Waals surface area (Å²) in [6.07, 6.45) is 5.43. The largest absolute Gasteiger partial charge is 0.439 e. The molecule has 0 saturated heterocycles. The molecular formula is C23H25N5O6S2. The van der Waals surface area contributed by atoms with Gasteiger partial charge in [0.15, 0.2) is 5.75 Å². The Morgan fingerprint density at radius 3 is 2.17 bits per heavy atom. The minimum atomic E-state index is -3.42. The van der Waals surface area contributed by atoms with E-state index in [4.69, 9.17) is 4.74 Å². The molecule has 2 aliphatic heterocycles. The number of benzene rings is 2. The molecule has 0 atom stereocenters. The highest BCUT2D eigenvalue weighted by Crippen LogP contribution is 2.40. The van der Waals surface area contributed by atoms with Gasteiger partial charge in [0, 0.05) is 12.2 Å². The zero-order chi connectivity index (χ0) is 26.3. The maximum absolute atomic E-state index is 13.1. The van der Waals surface area contributed by atoms with Crippen LogP contribution in [0.5, 0.6) is 5.75 Å². The van der Waals surface area contributed by atoms with E-state index in [-0.39, 0.29) is 5.91 Å². The first kappa shape index (κ1) is 25.3. The van der Waals surface area contributed by atoms with Crippen molar-refractivity contribution in [3.8, 4) is 5.75 Å². The minimum absolute atomic E-state index is 0.341. The van der Waals surface area contributed by atoms with Gasteiger partial charge in [-0.05, 0) is 68.5 Å². The number of sulfonamides is 2. The molecule has 1 amide bonds. The van der Waals surface area contributed by atoms with E-state index < -0.39 is 20.0 Å². The van der Waals surface area contributed by atoms with Crippen molar-refractivity contribution in [2.45, 2.75) is 13.8 Å². The van der Waals surface area contributed by atoms with Crippen LogP contribution in [0.15, 0.2) is 71.2 Å². The van der Waals surface area contributed by atoms with Gasteiger partial charge in [0.05, 0.1) is 40.9 Å². The summed E-state index contributed by atoms with van der Waals surface area (Å²) in [6, 6.07) is 11.3. The van der Waals surface area contributed by atoms with Crippen LogP contribution in [0.2, 0.25) is 0 Å². The average molecular weight is 532 g/mol. The zero-order valence-electron chi connectivity index (χ0n) is 20.0. The number of allylic oxidation sites excluding steroid dienone is 2. The number of anilines is 4. The zero-order valence-corrected chi connectivity index (χ0v) is 21.6. The molecule has 4 rings (SSSR count). The minimum Gasteiger partial charge on any atom is -0.439 e. The summed E-state index contributed by atoms with van der Waals surface area (Å²) in [5, 5.41) is 5.58. The first-order valence-corrected chi connectivity index (χ1v) is 14.6. The second-order valence-electron chi connectivity index (χ2n) is 8.21. The van der Waals surface area contributed by atoms with Crippen LogP contribution in [0.4, 0.5) is 22.7 Å². The number of hydrogen-bond acceptors (Lipinski definition) is 8. The van der Waals surface area contributed by atoms with Gasteiger partial charge in [-0.2, -0.15) is 10.1 Å². The number of hydrogen-bond donors (Lipinski definition) is 2. The van der Waals surface area contributed by atoms with Gasteiger partial charge in [0.2, 0.25) is 25.9 Å². The molecule has 2 aromatic carbocycles. The fourth-order valence-corrected chi connectivity index (χ4v) is 4.87. The SMILES string of the molecule is CCN1C(=CC=C2C(=O)N(c3ccc(NS(C)(=O)=O)cc3)N=C2C)Oc2ccc(NS(C)(=O)=O)cc21. The second kappa shape index (κ2) is 9.32. The number of ether oxygens (including phenoxy) is 1. The molecule has 0 fully saturated rings. The molecule has 0 spiro atoms. The van der Waals surface area contributed by atoms with Crippen LogP contribution in [0.3, 0.4) is 0 Å². The molecule has 0 saturated carbocycles. The number of hydrazone groups is 1. The first-order valence-electron chi connectivity index (χ1n) is 10.8. The van der Waals surface area contributed by atoms with Crippen LogP contribution in [-0.4, -0.2) is 47.5 Å². The molecule has 2 N–H and O–H groups in total. The number of carbonyl (C=O) groups excluding carboxylic acids is 1. The Labute approximate surface area is 209 Å². The third-order valence-electron chi connectivity index (χ3n) is 5.22. The lowest BCUT2D eigenvalue weighted by molar-refractivity contribution is -0.114. The fraction of sp³-hybridized carbons (Fsp3) is 0.217. The first-order chi connectivity index (χ1) is 16.8. The molecule has 0 bridgehead atoms. The van der Waals surface area contributed by atoms with Crippen LogP contribution in [0.25, 0.3) is 0 Å². The molecule has 2 aliphatic rings. The molecule has 0 radical (unpaired) electrons. The van der Waals surface area contributed by atoms with Gasteiger partial charge in [-0.15, -0.1) is 0 Å². The molecule has 2 aromatic rings. The molecular weight excluding hydrogens is 506 g/mol. The van der Waals surface area contributed by atoms with Gasteiger partial charge in [-0.1, -0.05) is 0 Å². The smallest absolute Gasteiger partial charge is 0.280 e. The van der Waals surface area contributed by atoms with Crippen molar-refractivity contribution in [2.24, 2.45) is 5.10 Å². The number of nitrogens with one attached hydrogen (secondary N) is 2. The molecule has 11 nitrogen and oxygen atoms in total. The molecule has 13 heteroatoms. The Bertz CT molecular complexity index is 1530. The van der Waals surface area contributed by atoms with Crippen molar-refractivity contribution < 1.29 is 26.4 Å². The van der Waals surface area contributed by atoms with Gasteiger partial charge in [0.25, 0.3) is 5.91 Å². The summed E-state index contributed by atoms with van der Waals surface area (Å²) >= 11 is 0. The standard InChI is InChI=1S/C23H25N5O6S2/c1-5-27-20-14-17(26-36(4,32)33)8-12-21(20)34-22(27)13-11-19-15(2)24-28(23(19)29)18-9-6-16(7-10-18)25-35(3,30)31/h6-14,25-26H,5H2,1-4H3. The maximum Gasteiger partial charge on any atom is 0.280 e. The highest BCUT2D eigenvalue weighted by Gasteiger charge is 2.30. The highest BCUT2D eigenvalue weighted by atomic mass is 32.2. The number of carbonyl (C=O) groups is 1. The van der Waals surface area contributed by atoms with Gasteiger partial charge >= 0.3 is 0 Å². The number of nitrogens with zero attached hydrogens (tertiary/aromatic N) is 3. The van der Waals surface area contributed by atoms with Crippen molar-refractivity contribution in [3.05, 3.63) is 66.1 Å². The van der Waals surface area contributed by atoms with E-state index in [1.807, 2.05) is 11.8 Å². The summed E-state index contributed by atoms with van der Waals surface area (Å²) in [4.78, 5) is 14.9. The quantitative estimate of drug-likeness (QED) is 0.524. The number of fused-ring (bicyclic) bond motifs is 1. The number of amides is 1. The summed E-state index contributed by atoms with van der Waals surface area (Å²) < 4.78 is 56.7. The van der Waals surface area contributed by atoms with Gasteiger partial charge in [-0.25, -0.2) is 16.8 Å². The Hall–Kier alpha value is -3.84. The topological polar surface area (TPSA) is 137 Å². The van der Waals surface area contributed by atoms with Crippen LogP contribution in [0, 0.1) is 0 Å². The lowest BCUT2D eigenvalue weighted by Crippen LogP contribution is -2.22. The molecule has 2 heterocycles. The molecule has 0 aromatic heterocycles. The predicted octanol–water partition coefficient (Wildman–Crippen LogP) is 2.84. The maximum atomic E-state index is 13.1. The molecule has 190 valence electrons. The van der Waals surface area contributed by atoms with Crippen molar-refractivity contribution >= 4 is 54.4 Å². The summed E-state index contributed by atoms with van der Waals surface area (Å²) in [6.45, 7) is 4.19. The summed E-state index contributed by atoms with van der Waals surface area (Å²) in [5.41, 5.74) is 2.86. The molecule has 36 heavy (non-hydrogen) atoms. The average Bonchev–Trinajstić information content (AvgIpc) is 3.26. The van der Waals surface area contributed by atoms with Crippen molar-refractivity contribution in [2.75, 3.05) is 38.4 Å². The van der Waals surface area contributed by atoms with Crippen LogP contribution < -0.4 is 24.1 Å². The van der Waals surface area contributed by atoms with E-state index in [1.165, 1.54) is 5.01 Å². The van der Waals surface area contributed by atoms with Gasteiger partial charge in [-0.3, -0.25) is 14.2 Å². The summed E-state index contributed by atoms with van der Waals surface area (Å²) in [7, 11) is -6.83. The van der Waals surface area contributed by atoms with E-state index in [0.717, 1.165) is 12.5 Å². The fourth-order valence-electron chi connectivity index (χ4n) is 3.75. The lowest BCUT2D eigenvalue weighted by Gasteiger charge is -2.16. The molecule has 0 unspecified atom stereocenters. The molecule has 0 aliphatic carbocycles. The third-order valence-corrected chi connectivity index (χ3v) is 6.43. The van der Waals surface area contributed by atoms with E-state index in [9.17, 15) is 21.6 Å². The number of rotatable bonds is 7. The van der Waals surface area contributed by atoms with Crippen molar-refractivity contribution in [1.29, 1.82) is 0 Å². The van der Waals surface area contributed by atoms with E-state index in [1.54, 1.807) is 61.5 Å².